The lowest BCUT2D eigenvalue weighted by atomic mass is 9.86. The number of hydrogen-bond acceptors (Lipinski definition) is 3. The molecule has 0 radical (unpaired) electrons. The minimum Gasteiger partial charge on any atom is -0.325 e. The fraction of sp³-hybridized carbons (Fsp3) is 0.700. The number of aldehydes is 1. The summed E-state index contributed by atoms with van der Waals surface area (Å²) in [5.74, 6) is -3.14. The predicted molar refractivity (Wildman–Crippen MR) is 48.9 cm³/mol. The first-order chi connectivity index (χ1) is 7.00. The van der Waals surface area contributed by atoms with Crippen molar-refractivity contribution < 1.29 is 13.6 Å². The van der Waals surface area contributed by atoms with E-state index in [1.807, 2.05) is 0 Å². The molecule has 0 aromatic carbocycles. The highest BCUT2D eigenvalue weighted by Crippen LogP contribution is 2.72. The number of fused-ring (bicyclic) bond motifs is 1. The average molecular weight is 214 g/mol. The summed E-state index contributed by atoms with van der Waals surface area (Å²) in [5, 5.41) is 0. The summed E-state index contributed by atoms with van der Waals surface area (Å²) in [5.41, 5.74) is 6.37. The predicted octanol–water partition coefficient (Wildman–Crippen LogP) is 0.981. The van der Waals surface area contributed by atoms with Crippen molar-refractivity contribution in [1.29, 1.82) is 0 Å². The third-order valence-electron chi connectivity index (χ3n) is 4.13. The minimum absolute atomic E-state index is 0.336. The van der Waals surface area contributed by atoms with Crippen LogP contribution < -0.4 is 10.9 Å². The van der Waals surface area contributed by atoms with Crippen LogP contribution in [-0.4, -0.2) is 18.3 Å². The number of hydrogen-bond donors (Lipinski definition) is 2. The number of rotatable bonds is 1. The normalized spacial score (nSPS) is 45.5. The average Bonchev–Trinajstić information content (AvgIpc) is 2.53. The van der Waals surface area contributed by atoms with E-state index < -0.39 is 23.3 Å². The van der Waals surface area contributed by atoms with Gasteiger partial charge in [-0.05, 0) is 12.0 Å². The molecular weight excluding hydrogens is 202 g/mol. The van der Waals surface area contributed by atoms with Gasteiger partial charge in [0.05, 0.1) is 0 Å². The van der Waals surface area contributed by atoms with Crippen LogP contribution in [0.5, 0.6) is 0 Å². The lowest BCUT2D eigenvalue weighted by molar-refractivity contribution is -0.108. The summed E-state index contributed by atoms with van der Waals surface area (Å²) in [6, 6.07) is -0.416. The van der Waals surface area contributed by atoms with E-state index in [4.69, 9.17) is 0 Å². The number of carbonyl (C=O) groups excluding carboxylic acids is 1. The molecule has 0 spiro atoms. The van der Waals surface area contributed by atoms with Gasteiger partial charge in [-0.25, -0.2) is 14.2 Å². The van der Waals surface area contributed by atoms with Crippen LogP contribution in [0.2, 0.25) is 0 Å². The van der Waals surface area contributed by atoms with Gasteiger partial charge in [-0.2, -0.15) is 0 Å². The summed E-state index contributed by atoms with van der Waals surface area (Å²) in [6.45, 7) is 1.62. The molecule has 1 saturated carbocycles. The molecule has 15 heavy (non-hydrogen) atoms. The van der Waals surface area contributed by atoms with Crippen LogP contribution in [0.1, 0.15) is 19.8 Å². The minimum atomic E-state index is -2.56. The van der Waals surface area contributed by atoms with Gasteiger partial charge in [0.1, 0.15) is 12.3 Å². The first-order valence-electron chi connectivity index (χ1n) is 5.07. The maximum atomic E-state index is 13.5. The molecule has 5 heteroatoms. The van der Waals surface area contributed by atoms with Crippen molar-refractivity contribution in [2.75, 3.05) is 0 Å². The summed E-state index contributed by atoms with van der Waals surface area (Å²) >= 11 is 0. The molecule has 0 saturated heterocycles. The first-order valence-corrected chi connectivity index (χ1v) is 5.07. The smallest absolute Gasteiger partial charge is 0.258 e. The Balaban J connectivity index is 1.92. The molecule has 3 aliphatic rings. The molecule has 1 heterocycles. The molecule has 0 aromatic rings. The van der Waals surface area contributed by atoms with Gasteiger partial charge in [0.25, 0.3) is 5.92 Å². The SMILES string of the molecule is C[C@@]12CC3=C(CC1C2(F)F)C(C=O)NN3. The van der Waals surface area contributed by atoms with E-state index in [-0.39, 0.29) is 0 Å². The molecule has 0 aromatic heterocycles. The summed E-state index contributed by atoms with van der Waals surface area (Å²) in [7, 11) is 0. The van der Waals surface area contributed by atoms with Gasteiger partial charge < -0.3 is 10.2 Å². The zero-order valence-electron chi connectivity index (χ0n) is 8.31. The number of hydrazine groups is 1. The zero-order chi connectivity index (χ0) is 10.8. The van der Waals surface area contributed by atoms with Crippen molar-refractivity contribution in [3.8, 4) is 0 Å². The van der Waals surface area contributed by atoms with Crippen molar-refractivity contribution in [3.05, 3.63) is 11.3 Å². The van der Waals surface area contributed by atoms with Crippen molar-refractivity contribution in [2.24, 2.45) is 11.3 Å². The molecule has 0 amide bonds. The number of carbonyl (C=O) groups is 1. The van der Waals surface area contributed by atoms with E-state index in [0.29, 0.717) is 12.8 Å². The van der Waals surface area contributed by atoms with Gasteiger partial charge in [0.15, 0.2) is 0 Å². The van der Waals surface area contributed by atoms with Gasteiger partial charge in [0, 0.05) is 23.5 Å². The van der Waals surface area contributed by atoms with E-state index in [0.717, 1.165) is 17.6 Å². The Morgan fingerprint density at radius 3 is 2.93 bits per heavy atom. The number of allylic oxidation sites excluding steroid dienone is 1. The van der Waals surface area contributed by atoms with Crippen molar-refractivity contribution in [3.63, 3.8) is 0 Å². The van der Waals surface area contributed by atoms with Gasteiger partial charge in [-0.1, -0.05) is 6.92 Å². The molecule has 2 unspecified atom stereocenters. The highest BCUT2D eigenvalue weighted by Gasteiger charge is 2.78. The second-order valence-electron chi connectivity index (χ2n) is 4.86. The lowest BCUT2D eigenvalue weighted by Gasteiger charge is -2.17. The molecule has 82 valence electrons. The summed E-state index contributed by atoms with van der Waals surface area (Å²) in [6.07, 6.45) is 1.44. The van der Waals surface area contributed by atoms with Gasteiger partial charge in [0.2, 0.25) is 0 Å². The Hall–Kier alpha value is -0.970. The molecule has 2 N–H and O–H groups in total. The van der Waals surface area contributed by atoms with Crippen LogP contribution >= 0.6 is 0 Å². The standard InChI is InChI=1S/C10H12F2N2O/c1-9-3-6-5(7(4-15)14-13-6)2-8(9)10(9,11)12/h4,7-8,13-14H,2-3H2,1H3/t7?,8?,9-/m1/s1. The molecule has 1 fully saturated rings. The first kappa shape index (κ1) is 9.27. The molecule has 2 aliphatic carbocycles. The Labute approximate surface area is 85.9 Å². The lowest BCUT2D eigenvalue weighted by Crippen LogP contribution is -2.34. The number of halogens is 2. The zero-order valence-corrected chi connectivity index (χ0v) is 8.31. The fourth-order valence-electron chi connectivity index (χ4n) is 2.90. The molecule has 3 nitrogen and oxygen atoms in total. The van der Waals surface area contributed by atoms with Crippen molar-refractivity contribution >= 4 is 6.29 Å². The highest BCUT2D eigenvalue weighted by molar-refractivity contribution is 5.66. The topological polar surface area (TPSA) is 41.1 Å². The monoisotopic (exact) mass is 214 g/mol. The van der Waals surface area contributed by atoms with Crippen LogP contribution in [-0.2, 0) is 4.79 Å². The fourth-order valence-corrected chi connectivity index (χ4v) is 2.90. The van der Waals surface area contributed by atoms with Gasteiger partial charge in [-0.15, -0.1) is 0 Å². The third-order valence-corrected chi connectivity index (χ3v) is 4.13. The van der Waals surface area contributed by atoms with Gasteiger partial charge in [-0.3, -0.25) is 0 Å². The van der Waals surface area contributed by atoms with E-state index in [1.165, 1.54) is 0 Å². The molecule has 3 atom stereocenters. The second-order valence-corrected chi connectivity index (χ2v) is 4.86. The number of nitrogens with one attached hydrogen (secondary N) is 2. The Morgan fingerprint density at radius 1 is 1.53 bits per heavy atom. The van der Waals surface area contributed by atoms with Crippen molar-refractivity contribution in [1.82, 2.24) is 10.9 Å². The Morgan fingerprint density at radius 2 is 2.27 bits per heavy atom. The Bertz CT molecular complexity index is 380. The van der Waals surface area contributed by atoms with Crippen LogP contribution in [0.25, 0.3) is 0 Å². The third kappa shape index (κ3) is 0.897. The number of alkyl halides is 2. The van der Waals surface area contributed by atoms with E-state index >= 15 is 0 Å². The molecule has 3 rings (SSSR count). The van der Waals surface area contributed by atoms with Crippen LogP contribution in [0.15, 0.2) is 11.3 Å². The quantitative estimate of drug-likeness (QED) is 0.639. The maximum absolute atomic E-state index is 13.5. The van der Waals surface area contributed by atoms with E-state index in [2.05, 4.69) is 10.9 Å². The molecule has 1 aliphatic heterocycles. The summed E-state index contributed by atoms with van der Waals surface area (Å²) < 4.78 is 26.9. The second kappa shape index (κ2) is 2.40. The van der Waals surface area contributed by atoms with Crippen LogP contribution in [0.3, 0.4) is 0 Å². The highest BCUT2D eigenvalue weighted by atomic mass is 19.3. The van der Waals surface area contributed by atoms with Crippen LogP contribution in [0.4, 0.5) is 8.78 Å². The maximum Gasteiger partial charge on any atom is 0.258 e. The van der Waals surface area contributed by atoms with Crippen molar-refractivity contribution in [2.45, 2.75) is 31.7 Å². The molecular formula is C10H12F2N2O. The molecule has 0 bridgehead atoms. The largest absolute Gasteiger partial charge is 0.325 e. The van der Waals surface area contributed by atoms with Crippen LogP contribution in [0, 0.1) is 11.3 Å². The Kier molecular flexibility index (Phi) is 1.48. The van der Waals surface area contributed by atoms with E-state index in [1.54, 1.807) is 6.92 Å². The van der Waals surface area contributed by atoms with Gasteiger partial charge >= 0.3 is 0 Å². The summed E-state index contributed by atoms with van der Waals surface area (Å²) in [4.78, 5) is 10.7. The van der Waals surface area contributed by atoms with E-state index in [9.17, 15) is 13.6 Å².